The minimum Gasteiger partial charge on any atom is -0.380 e. The summed E-state index contributed by atoms with van der Waals surface area (Å²) in [4.78, 5) is 13.1. The van der Waals surface area contributed by atoms with Crippen LogP contribution in [0.2, 0.25) is 0 Å². The number of carbonyl (C=O) groups excluding carboxylic acids is 1. The van der Waals surface area contributed by atoms with Gasteiger partial charge in [-0.05, 0) is 35.7 Å². The number of methoxy groups -OCH3 is 1. The molecular weight excluding hydrogens is 313 g/mol. The van der Waals surface area contributed by atoms with Crippen LogP contribution in [-0.2, 0) is 11.3 Å². The monoisotopic (exact) mass is 331 g/mol. The highest BCUT2D eigenvalue weighted by Gasteiger charge is 2.24. The van der Waals surface area contributed by atoms with Gasteiger partial charge < -0.3 is 10.1 Å². The Hall–Kier alpha value is -1.85. The van der Waals surface area contributed by atoms with Crippen molar-refractivity contribution in [3.63, 3.8) is 0 Å². The van der Waals surface area contributed by atoms with Crippen LogP contribution in [-0.4, -0.2) is 18.8 Å². The van der Waals surface area contributed by atoms with Gasteiger partial charge in [0, 0.05) is 23.3 Å². The van der Waals surface area contributed by atoms with Gasteiger partial charge in [0.15, 0.2) is 0 Å². The number of rotatable bonds is 4. The predicted octanol–water partition coefficient (Wildman–Crippen LogP) is 3.94. The number of nitrogens with one attached hydrogen (secondary N) is 1. The van der Waals surface area contributed by atoms with Gasteiger partial charge in [-0.1, -0.05) is 24.3 Å². The summed E-state index contributed by atoms with van der Waals surface area (Å²) in [5.74, 6) is 0.447. The van der Waals surface area contributed by atoms with Gasteiger partial charge in [-0.15, -0.1) is 11.8 Å². The zero-order valence-corrected chi connectivity index (χ0v) is 13.7. The van der Waals surface area contributed by atoms with Gasteiger partial charge in [0.25, 0.3) is 5.91 Å². The summed E-state index contributed by atoms with van der Waals surface area (Å²) >= 11 is 1.51. The summed E-state index contributed by atoms with van der Waals surface area (Å²) in [6.45, 7) is 0.522. The van der Waals surface area contributed by atoms with E-state index in [-0.39, 0.29) is 17.8 Å². The van der Waals surface area contributed by atoms with Crippen molar-refractivity contribution in [3.05, 3.63) is 65.0 Å². The molecule has 0 bridgehead atoms. The lowest BCUT2D eigenvalue weighted by atomic mass is 10.0. The van der Waals surface area contributed by atoms with Crippen molar-refractivity contribution in [1.82, 2.24) is 5.32 Å². The number of ether oxygens (including phenoxy) is 1. The Morgan fingerprint density at radius 2 is 2.09 bits per heavy atom. The van der Waals surface area contributed by atoms with Crippen LogP contribution in [0.5, 0.6) is 0 Å². The summed E-state index contributed by atoms with van der Waals surface area (Å²) < 4.78 is 18.9. The Kier molecular flexibility index (Phi) is 4.98. The summed E-state index contributed by atoms with van der Waals surface area (Å²) in [7, 11) is 1.64. The number of benzene rings is 2. The molecule has 5 heteroatoms. The smallest absolute Gasteiger partial charge is 0.251 e. The van der Waals surface area contributed by atoms with Crippen LogP contribution >= 0.6 is 11.8 Å². The number of carbonyl (C=O) groups is 1. The lowest BCUT2D eigenvalue weighted by molar-refractivity contribution is 0.0934. The molecule has 0 spiro atoms. The highest BCUT2D eigenvalue weighted by molar-refractivity contribution is 7.99. The number of hydrogen-bond acceptors (Lipinski definition) is 3. The van der Waals surface area contributed by atoms with Crippen molar-refractivity contribution in [2.45, 2.75) is 24.0 Å². The van der Waals surface area contributed by atoms with Crippen LogP contribution in [0.25, 0.3) is 0 Å². The molecule has 3 rings (SSSR count). The van der Waals surface area contributed by atoms with Crippen molar-refractivity contribution in [3.8, 4) is 0 Å². The summed E-state index contributed by atoms with van der Waals surface area (Å²) in [5, 5.41) is 3.02. The zero-order chi connectivity index (χ0) is 16.2. The first-order valence-electron chi connectivity index (χ1n) is 7.49. The number of halogens is 1. The minimum absolute atomic E-state index is 0.138. The third-order valence-electron chi connectivity index (χ3n) is 3.86. The van der Waals surface area contributed by atoms with Gasteiger partial charge in [-0.3, -0.25) is 4.79 Å². The molecular formula is C18H18FNO2S. The molecule has 0 radical (unpaired) electrons. The van der Waals surface area contributed by atoms with Gasteiger partial charge in [0.2, 0.25) is 0 Å². The number of thioether (sulfide) groups is 1. The molecule has 23 heavy (non-hydrogen) atoms. The molecule has 2 aromatic rings. The maximum atomic E-state index is 13.9. The Balaban J connectivity index is 1.75. The second-order valence-electron chi connectivity index (χ2n) is 5.45. The molecule has 1 aliphatic heterocycles. The molecule has 1 amide bonds. The molecule has 0 unspecified atom stereocenters. The maximum Gasteiger partial charge on any atom is 0.251 e. The zero-order valence-electron chi connectivity index (χ0n) is 12.8. The van der Waals surface area contributed by atoms with E-state index in [9.17, 15) is 9.18 Å². The van der Waals surface area contributed by atoms with Crippen molar-refractivity contribution >= 4 is 17.7 Å². The standard InChI is InChI=1S/C18H18FNO2S/c1-22-11-12-5-7-13(8-6-12)18(21)20-16-9-10-23-17-14(16)3-2-4-15(17)19/h2-8,16H,9-11H2,1H3,(H,20,21)/t16-/m0/s1. The van der Waals surface area contributed by atoms with E-state index < -0.39 is 0 Å². The molecule has 0 saturated heterocycles. The summed E-state index contributed by atoms with van der Waals surface area (Å²) in [6, 6.07) is 12.2. The number of amides is 1. The molecule has 1 atom stereocenters. The third-order valence-corrected chi connectivity index (χ3v) is 5.02. The molecule has 1 aliphatic rings. The Labute approximate surface area is 139 Å². The van der Waals surface area contributed by atoms with E-state index in [1.807, 2.05) is 18.2 Å². The first-order chi connectivity index (χ1) is 11.2. The lowest BCUT2D eigenvalue weighted by Gasteiger charge is -2.26. The summed E-state index contributed by atoms with van der Waals surface area (Å²) in [6.07, 6.45) is 0.800. The SMILES string of the molecule is COCc1ccc(C(=O)N[C@H]2CCSc3c(F)cccc32)cc1. The van der Waals surface area contributed by atoms with Gasteiger partial charge >= 0.3 is 0 Å². The second-order valence-corrected chi connectivity index (χ2v) is 6.56. The molecule has 0 aliphatic carbocycles. The van der Waals surface area contributed by atoms with Gasteiger partial charge in [0.1, 0.15) is 5.82 Å². The van der Waals surface area contributed by atoms with E-state index in [0.29, 0.717) is 17.1 Å². The summed E-state index contributed by atoms with van der Waals surface area (Å²) in [5.41, 5.74) is 2.48. The van der Waals surface area contributed by atoms with Crippen LogP contribution in [0.1, 0.15) is 33.9 Å². The van der Waals surface area contributed by atoms with E-state index in [1.54, 1.807) is 25.3 Å². The molecule has 120 valence electrons. The maximum absolute atomic E-state index is 13.9. The molecule has 0 fully saturated rings. The van der Waals surface area contributed by atoms with Crippen LogP contribution in [0, 0.1) is 5.82 Å². The molecule has 1 N–H and O–H groups in total. The second kappa shape index (κ2) is 7.15. The van der Waals surface area contributed by atoms with E-state index in [0.717, 1.165) is 23.3 Å². The average molecular weight is 331 g/mol. The molecule has 0 saturated carbocycles. The lowest BCUT2D eigenvalue weighted by Crippen LogP contribution is -2.30. The minimum atomic E-state index is -0.213. The Bertz CT molecular complexity index is 703. The first kappa shape index (κ1) is 16.0. The van der Waals surface area contributed by atoms with Crippen LogP contribution in [0.3, 0.4) is 0 Å². The van der Waals surface area contributed by atoms with Crippen molar-refractivity contribution in [2.75, 3.05) is 12.9 Å². The van der Waals surface area contributed by atoms with E-state index in [2.05, 4.69) is 5.32 Å². The van der Waals surface area contributed by atoms with Gasteiger partial charge in [-0.25, -0.2) is 4.39 Å². The highest BCUT2D eigenvalue weighted by Crippen LogP contribution is 2.37. The van der Waals surface area contributed by atoms with Crippen molar-refractivity contribution in [2.24, 2.45) is 0 Å². The number of hydrogen-bond donors (Lipinski definition) is 1. The number of fused-ring (bicyclic) bond motifs is 1. The van der Waals surface area contributed by atoms with Crippen molar-refractivity contribution < 1.29 is 13.9 Å². The van der Waals surface area contributed by atoms with Crippen LogP contribution in [0.15, 0.2) is 47.4 Å². The average Bonchev–Trinajstić information content (AvgIpc) is 2.57. The topological polar surface area (TPSA) is 38.3 Å². The predicted molar refractivity (Wildman–Crippen MR) is 89.1 cm³/mol. The molecule has 2 aromatic carbocycles. The fraction of sp³-hybridized carbons (Fsp3) is 0.278. The van der Waals surface area contributed by atoms with Gasteiger partial charge in [-0.2, -0.15) is 0 Å². The fourth-order valence-electron chi connectivity index (χ4n) is 2.70. The first-order valence-corrected chi connectivity index (χ1v) is 8.47. The van der Waals surface area contributed by atoms with E-state index in [1.165, 1.54) is 17.8 Å². The van der Waals surface area contributed by atoms with E-state index in [4.69, 9.17) is 4.74 Å². The van der Waals surface area contributed by atoms with Crippen LogP contribution < -0.4 is 5.32 Å². The van der Waals surface area contributed by atoms with Crippen LogP contribution in [0.4, 0.5) is 4.39 Å². The van der Waals surface area contributed by atoms with E-state index >= 15 is 0 Å². The Morgan fingerprint density at radius 3 is 2.83 bits per heavy atom. The fourth-order valence-corrected chi connectivity index (χ4v) is 3.84. The normalized spacial score (nSPS) is 16.7. The largest absolute Gasteiger partial charge is 0.380 e. The third kappa shape index (κ3) is 3.57. The highest BCUT2D eigenvalue weighted by atomic mass is 32.2. The molecule has 3 nitrogen and oxygen atoms in total. The van der Waals surface area contributed by atoms with Crippen molar-refractivity contribution in [1.29, 1.82) is 0 Å². The molecule has 1 heterocycles. The molecule has 0 aromatic heterocycles. The quantitative estimate of drug-likeness (QED) is 0.922. The van der Waals surface area contributed by atoms with Gasteiger partial charge in [0.05, 0.1) is 12.6 Å². The Morgan fingerprint density at radius 1 is 1.30 bits per heavy atom.